The van der Waals surface area contributed by atoms with Crippen molar-refractivity contribution in [3.05, 3.63) is 46.3 Å². The molecule has 1 saturated heterocycles. The first-order chi connectivity index (χ1) is 13.6. The first kappa shape index (κ1) is 21.6. The van der Waals surface area contributed by atoms with Crippen LogP contribution in [0.2, 0.25) is 0 Å². The van der Waals surface area contributed by atoms with E-state index in [4.69, 9.17) is 0 Å². The van der Waals surface area contributed by atoms with Gasteiger partial charge in [0.05, 0.1) is 17.5 Å². The van der Waals surface area contributed by atoms with E-state index < -0.39 is 11.7 Å². The van der Waals surface area contributed by atoms with Crippen molar-refractivity contribution < 1.29 is 18.0 Å². The monoisotopic (exact) mass is 425 g/mol. The molecule has 0 spiro atoms. The van der Waals surface area contributed by atoms with Crippen LogP contribution in [0.25, 0.3) is 0 Å². The van der Waals surface area contributed by atoms with Crippen molar-refractivity contribution in [2.45, 2.75) is 45.8 Å². The number of nitrogens with zero attached hydrogens (tertiary/aromatic N) is 2. The van der Waals surface area contributed by atoms with Gasteiger partial charge in [-0.3, -0.25) is 4.79 Å². The Hall–Kier alpha value is -2.09. The first-order valence-electron chi connectivity index (χ1n) is 9.68. The maximum Gasteiger partial charge on any atom is 0.419 e. The summed E-state index contributed by atoms with van der Waals surface area (Å²) in [5.41, 5.74) is -0.938. The first-order valence-corrected chi connectivity index (χ1v) is 10.6. The second kappa shape index (κ2) is 8.34. The van der Waals surface area contributed by atoms with Gasteiger partial charge in [-0.2, -0.15) is 13.2 Å². The molecule has 3 rings (SSSR count). The van der Waals surface area contributed by atoms with Gasteiger partial charge in [0, 0.05) is 24.2 Å². The predicted molar refractivity (Wildman–Crippen MR) is 109 cm³/mol. The molecule has 0 aromatic carbocycles. The summed E-state index contributed by atoms with van der Waals surface area (Å²) in [5, 5.41) is 5.12. The summed E-state index contributed by atoms with van der Waals surface area (Å²) in [4.78, 5) is 19.7. The van der Waals surface area contributed by atoms with Crippen molar-refractivity contribution in [3.63, 3.8) is 0 Å². The number of halogens is 3. The van der Waals surface area contributed by atoms with Crippen molar-refractivity contribution in [1.29, 1.82) is 0 Å². The summed E-state index contributed by atoms with van der Waals surface area (Å²) in [7, 11) is 0. The number of alkyl halides is 3. The molecule has 3 heterocycles. The van der Waals surface area contributed by atoms with Gasteiger partial charge in [-0.1, -0.05) is 26.8 Å². The van der Waals surface area contributed by atoms with E-state index in [9.17, 15) is 18.0 Å². The molecule has 1 aliphatic heterocycles. The van der Waals surface area contributed by atoms with Gasteiger partial charge in [0.1, 0.15) is 5.82 Å². The van der Waals surface area contributed by atoms with E-state index in [2.05, 4.69) is 31.1 Å². The Balaban J connectivity index is 1.77. The molecule has 2 aromatic rings. The van der Waals surface area contributed by atoms with E-state index in [1.54, 1.807) is 16.2 Å². The number of nitrogens with one attached hydrogen (secondary N) is 1. The van der Waals surface area contributed by atoms with Crippen LogP contribution in [0, 0.1) is 11.3 Å². The third-order valence-corrected chi connectivity index (χ3v) is 6.10. The number of piperidine rings is 1. The molecule has 1 amide bonds. The second-order valence-electron chi connectivity index (χ2n) is 8.48. The molecule has 2 aromatic heterocycles. The van der Waals surface area contributed by atoms with Crippen LogP contribution in [0.4, 0.5) is 19.0 Å². The molecule has 8 heteroatoms. The second-order valence-corrected chi connectivity index (χ2v) is 9.46. The molecule has 2 unspecified atom stereocenters. The third-order valence-electron chi connectivity index (χ3n) is 5.16. The van der Waals surface area contributed by atoms with Crippen LogP contribution < -0.4 is 10.2 Å². The van der Waals surface area contributed by atoms with Crippen LogP contribution in [-0.4, -0.2) is 24.0 Å². The lowest BCUT2D eigenvalue weighted by Crippen LogP contribution is -2.46. The highest BCUT2D eigenvalue weighted by Crippen LogP contribution is 2.38. The summed E-state index contributed by atoms with van der Waals surface area (Å²) in [6, 6.07) is 6.13. The van der Waals surface area contributed by atoms with Crippen LogP contribution in [-0.2, 0) is 11.0 Å². The smallest absolute Gasteiger partial charge is 0.355 e. The van der Waals surface area contributed by atoms with Crippen LogP contribution in [0.5, 0.6) is 0 Å². The topological polar surface area (TPSA) is 45.2 Å². The molecule has 4 nitrogen and oxygen atoms in total. The van der Waals surface area contributed by atoms with Gasteiger partial charge in [-0.25, -0.2) is 4.98 Å². The molecular weight excluding hydrogens is 399 g/mol. The van der Waals surface area contributed by atoms with Crippen LogP contribution in [0.1, 0.15) is 50.1 Å². The Morgan fingerprint density at radius 2 is 2.03 bits per heavy atom. The minimum Gasteiger partial charge on any atom is -0.355 e. The van der Waals surface area contributed by atoms with Gasteiger partial charge >= 0.3 is 6.18 Å². The fourth-order valence-corrected chi connectivity index (χ4v) is 4.70. The molecule has 0 radical (unpaired) electrons. The number of amides is 1. The van der Waals surface area contributed by atoms with E-state index in [-0.39, 0.29) is 35.6 Å². The van der Waals surface area contributed by atoms with E-state index in [0.717, 1.165) is 10.9 Å². The normalized spacial score (nSPS) is 19.1. The Labute approximate surface area is 173 Å². The zero-order valence-electron chi connectivity index (χ0n) is 16.8. The quantitative estimate of drug-likeness (QED) is 0.725. The Bertz CT molecular complexity index is 830. The van der Waals surface area contributed by atoms with Crippen molar-refractivity contribution in [1.82, 2.24) is 10.3 Å². The fraction of sp³-hybridized carbons (Fsp3) is 0.524. The number of aromatic nitrogens is 1. The molecular formula is C21H26F3N3OS. The summed E-state index contributed by atoms with van der Waals surface area (Å²) in [5.74, 6) is -0.590. The Morgan fingerprint density at radius 1 is 1.28 bits per heavy atom. The molecule has 0 saturated carbocycles. The maximum atomic E-state index is 13.4. The molecule has 1 N–H and O–H groups in total. The van der Waals surface area contributed by atoms with Gasteiger partial charge < -0.3 is 10.2 Å². The third kappa shape index (κ3) is 5.10. The highest BCUT2D eigenvalue weighted by molar-refractivity contribution is 7.10. The summed E-state index contributed by atoms with van der Waals surface area (Å²) < 4.78 is 40.1. The lowest BCUT2D eigenvalue weighted by molar-refractivity contribution is -0.137. The van der Waals surface area contributed by atoms with E-state index in [1.165, 1.54) is 12.3 Å². The highest BCUT2D eigenvalue weighted by atomic mass is 32.1. The van der Waals surface area contributed by atoms with Gasteiger partial charge in [0.2, 0.25) is 5.91 Å². The fourth-order valence-electron chi connectivity index (χ4n) is 3.68. The minimum absolute atomic E-state index is 0.0943. The average Bonchev–Trinajstić information content (AvgIpc) is 3.18. The number of hydrogen-bond donors (Lipinski definition) is 1. The van der Waals surface area contributed by atoms with E-state index >= 15 is 0 Å². The molecule has 158 valence electrons. The van der Waals surface area contributed by atoms with Crippen molar-refractivity contribution in [3.8, 4) is 0 Å². The van der Waals surface area contributed by atoms with Crippen molar-refractivity contribution in [2.24, 2.45) is 11.3 Å². The van der Waals surface area contributed by atoms with Crippen molar-refractivity contribution in [2.75, 3.05) is 18.0 Å². The van der Waals surface area contributed by atoms with Gasteiger partial charge in [0.15, 0.2) is 0 Å². The number of carbonyl (C=O) groups is 1. The zero-order valence-corrected chi connectivity index (χ0v) is 17.6. The lowest BCUT2D eigenvalue weighted by Gasteiger charge is -2.36. The largest absolute Gasteiger partial charge is 0.419 e. The number of pyridine rings is 1. The minimum atomic E-state index is -4.48. The van der Waals surface area contributed by atoms with E-state index in [0.29, 0.717) is 19.4 Å². The van der Waals surface area contributed by atoms with Crippen molar-refractivity contribution >= 4 is 23.1 Å². The van der Waals surface area contributed by atoms with Gasteiger partial charge in [-0.05, 0) is 41.8 Å². The summed E-state index contributed by atoms with van der Waals surface area (Å²) in [6.07, 6.45) is -1.82. The number of rotatable bonds is 4. The number of thiophene rings is 1. The van der Waals surface area contributed by atoms with E-state index in [1.807, 2.05) is 17.5 Å². The lowest BCUT2D eigenvalue weighted by atomic mass is 9.85. The molecule has 1 aliphatic rings. The summed E-state index contributed by atoms with van der Waals surface area (Å²) in [6.45, 7) is 6.88. The molecule has 1 fully saturated rings. The predicted octanol–water partition coefficient (Wildman–Crippen LogP) is 5.28. The Morgan fingerprint density at radius 3 is 2.66 bits per heavy atom. The average molecular weight is 426 g/mol. The molecule has 0 bridgehead atoms. The highest BCUT2D eigenvalue weighted by Gasteiger charge is 2.38. The molecule has 2 atom stereocenters. The van der Waals surface area contributed by atoms with Gasteiger partial charge in [-0.15, -0.1) is 11.3 Å². The summed E-state index contributed by atoms with van der Waals surface area (Å²) >= 11 is 1.59. The molecule has 29 heavy (non-hydrogen) atoms. The van der Waals surface area contributed by atoms with Crippen LogP contribution >= 0.6 is 11.3 Å². The SMILES string of the molecule is CC(C)(C)C(NC(=O)C1CCCN(c2ncccc2C(F)(F)F)C1)c1cccs1. The Kier molecular flexibility index (Phi) is 6.22. The zero-order chi connectivity index (χ0) is 21.2. The number of anilines is 1. The maximum absolute atomic E-state index is 13.4. The van der Waals surface area contributed by atoms with Gasteiger partial charge in [0.25, 0.3) is 0 Å². The standard InChI is InChI=1S/C21H26F3N3OS/c1-20(2,3)17(16-9-6-12-29-16)26-19(28)14-7-5-11-27(13-14)18-15(21(22,23)24)8-4-10-25-18/h4,6,8-10,12,14,17H,5,7,11,13H2,1-3H3,(H,26,28). The molecule has 0 aliphatic carbocycles. The van der Waals surface area contributed by atoms with Crippen LogP contribution in [0.15, 0.2) is 35.8 Å². The number of hydrogen-bond acceptors (Lipinski definition) is 4. The number of carbonyl (C=O) groups excluding carboxylic acids is 1. The van der Waals surface area contributed by atoms with Crippen LogP contribution in [0.3, 0.4) is 0 Å².